The van der Waals surface area contributed by atoms with E-state index in [1.807, 2.05) is 0 Å². The van der Waals surface area contributed by atoms with E-state index < -0.39 is 0 Å². The third-order valence-corrected chi connectivity index (χ3v) is 4.21. The smallest absolute Gasteiger partial charge is 0.309 e. The lowest BCUT2D eigenvalue weighted by molar-refractivity contribution is -0.153. The van der Waals surface area contributed by atoms with Crippen LogP contribution in [0.3, 0.4) is 0 Å². The molecule has 0 amide bonds. The van der Waals surface area contributed by atoms with Gasteiger partial charge in [-0.3, -0.25) is 4.79 Å². The molecule has 2 aliphatic rings. The Morgan fingerprint density at radius 2 is 1.82 bits per heavy atom. The average molecular weight is 281 g/mol. The topological polar surface area (TPSA) is 35.5 Å². The lowest BCUT2D eigenvalue weighted by atomic mass is 9.89. The van der Waals surface area contributed by atoms with Crippen LogP contribution in [0.15, 0.2) is 0 Å². The molecule has 98 valence electrons. The van der Waals surface area contributed by atoms with Crippen LogP contribution in [0, 0.1) is 5.92 Å². The molecule has 1 saturated heterocycles. The van der Waals surface area contributed by atoms with E-state index in [9.17, 15) is 4.79 Å². The summed E-state index contributed by atoms with van der Waals surface area (Å²) in [7, 11) is 0. The Morgan fingerprint density at radius 1 is 1.12 bits per heavy atom. The van der Waals surface area contributed by atoms with Gasteiger partial charge in [0.15, 0.2) is 0 Å². The molecule has 1 aliphatic carbocycles. The third-order valence-electron chi connectivity index (χ3n) is 3.46. The lowest BCUT2D eigenvalue weighted by Crippen LogP contribution is -2.27. The zero-order valence-corrected chi connectivity index (χ0v) is 11.3. The Kier molecular flexibility index (Phi) is 4.95. The Balaban J connectivity index is 1.67. The molecule has 0 bridgehead atoms. The zero-order chi connectivity index (χ0) is 12.3. The maximum Gasteiger partial charge on any atom is 0.309 e. The van der Waals surface area contributed by atoms with Crippen LogP contribution in [0.1, 0.15) is 38.5 Å². The molecular weight excluding hydrogens is 263 g/mol. The molecule has 2 fully saturated rings. The fraction of sp³-hybridized carbons (Fsp3) is 0.917. The number of ether oxygens (including phenoxy) is 2. The van der Waals surface area contributed by atoms with Crippen molar-refractivity contribution in [1.29, 1.82) is 0 Å². The molecule has 0 N–H and O–H groups in total. The van der Waals surface area contributed by atoms with Gasteiger partial charge >= 0.3 is 5.97 Å². The predicted octanol–water partition coefficient (Wildman–Crippen LogP) is 3.07. The highest BCUT2D eigenvalue weighted by Gasteiger charge is 2.29. The summed E-state index contributed by atoms with van der Waals surface area (Å²) in [5.74, 6) is -0.0756. The first-order valence-electron chi connectivity index (χ1n) is 6.25. The summed E-state index contributed by atoms with van der Waals surface area (Å²) in [6.07, 6.45) is 5.19. The third kappa shape index (κ3) is 4.01. The number of esters is 1. The van der Waals surface area contributed by atoms with Crippen LogP contribution < -0.4 is 0 Å². The highest BCUT2D eigenvalue weighted by atomic mass is 35.5. The van der Waals surface area contributed by atoms with Gasteiger partial charge in [0, 0.05) is 5.38 Å². The van der Waals surface area contributed by atoms with Crippen molar-refractivity contribution in [1.82, 2.24) is 0 Å². The first-order chi connectivity index (χ1) is 8.15. The quantitative estimate of drug-likeness (QED) is 0.589. The molecule has 0 spiro atoms. The number of hydrogen-bond acceptors (Lipinski definition) is 3. The SMILES string of the molecule is O=C(OC[C@@H]1CCC(Cl)O1)C1CCC(Cl)CC1. The number of carbonyl (C=O) groups is 1. The van der Waals surface area contributed by atoms with E-state index in [4.69, 9.17) is 32.7 Å². The second-order valence-electron chi connectivity index (χ2n) is 4.82. The monoisotopic (exact) mass is 280 g/mol. The molecule has 0 aromatic rings. The minimum Gasteiger partial charge on any atom is -0.463 e. The predicted molar refractivity (Wildman–Crippen MR) is 66.3 cm³/mol. The number of rotatable bonds is 3. The van der Waals surface area contributed by atoms with Gasteiger partial charge in [-0.05, 0) is 38.5 Å². The highest BCUT2D eigenvalue weighted by molar-refractivity contribution is 6.20. The molecular formula is C12H18Cl2O3. The van der Waals surface area contributed by atoms with Crippen LogP contribution in [0.5, 0.6) is 0 Å². The van der Waals surface area contributed by atoms with E-state index in [0.717, 1.165) is 38.5 Å². The van der Waals surface area contributed by atoms with E-state index in [1.54, 1.807) is 0 Å². The van der Waals surface area contributed by atoms with Crippen LogP contribution in [0.4, 0.5) is 0 Å². The fourth-order valence-electron chi connectivity index (χ4n) is 2.37. The molecule has 5 heteroatoms. The van der Waals surface area contributed by atoms with Gasteiger partial charge in [0.25, 0.3) is 0 Å². The standard InChI is InChI=1S/C12H18Cl2O3/c13-9-3-1-8(2-4-9)12(15)16-7-10-5-6-11(14)17-10/h8-11H,1-7H2/t8?,9?,10-,11?/m0/s1. The van der Waals surface area contributed by atoms with Gasteiger partial charge in [0.1, 0.15) is 12.2 Å². The van der Waals surface area contributed by atoms with E-state index in [2.05, 4.69) is 0 Å². The summed E-state index contributed by atoms with van der Waals surface area (Å²) >= 11 is 11.8. The molecule has 3 nitrogen and oxygen atoms in total. The van der Waals surface area contributed by atoms with Gasteiger partial charge in [-0.1, -0.05) is 11.6 Å². The van der Waals surface area contributed by atoms with Crippen LogP contribution in [-0.4, -0.2) is 29.6 Å². The first-order valence-corrected chi connectivity index (χ1v) is 7.12. The summed E-state index contributed by atoms with van der Waals surface area (Å²) < 4.78 is 10.7. The van der Waals surface area contributed by atoms with Gasteiger partial charge in [-0.2, -0.15) is 0 Å². The number of carbonyl (C=O) groups excluding carboxylic acids is 1. The maximum atomic E-state index is 11.8. The zero-order valence-electron chi connectivity index (χ0n) is 9.74. The van der Waals surface area contributed by atoms with Crippen LogP contribution >= 0.6 is 23.2 Å². The van der Waals surface area contributed by atoms with Gasteiger partial charge in [-0.25, -0.2) is 0 Å². The van der Waals surface area contributed by atoms with E-state index in [1.165, 1.54) is 0 Å². The van der Waals surface area contributed by atoms with Crippen molar-refractivity contribution in [2.75, 3.05) is 6.61 Å². The largest absolute Gasteiger partial charge is 0.463 e. The van der Waals surface area contributed by atoms with Crippen molar-refractivity contribution in [3.8, 4) is 0 Å². The molecule has 1 saturated carbocycles. The Morgan fingerprint density at radius 3 is 2.41 bits per heavy atom. The molecule has 0 aromatic heterocycles. The summed E-state index contributed by atoms with van der Waals surface area (Å²) in [5, 5.41) is 0.231. The Labute approximate surface area is 112 Å². The minimum atomic E-state index is -0.217. The molecule has 1 aliphatic heterocycles. The molecule has 1 unspecified atom stereocenters. The summed E-state index contributed by atoms with van der Waals surface area (Å²) in [5.41, 5.74) is -0.217. The fourth-order valence-corrected chi connectivity index (χ4v) is 2.89. The second-order valence-corrected chi connectivity index (χ2v) is 5.93. The van der Waals surface area contributed by atoms with Gasteiger partial charge < -0.3 is 9.47 Å². The molecule has 0 radical (unpaired) electrons. The van der Waals surface area contributed by atoms with Crippen molar-refractivity contribution in [3.63, 3.8) is 0 Å². The van der Waals surface area contributed by atoms with E-state index >= 15 is 0 Å². The average Bonchev–Trinajstić information content (AvgIpc) is 2.73. The molecule has 0 aromatic carbocycles. The normalized spacial score (nSPS) is 38.0. The summed E-state index contributed by atoms with van der Waals surface area (Å²) in [4.78, 5) is 11.8. The highest BCUT2D eigenvalue weighted by Crippen LogP contribution is 2.29. The molecule has 17 heavy (non-hydrogen) atoms. The van der Waals surface area contributed by atoms with Crippen molar-refractivity contribution in [2.24, 2.45) is 5.92 Å². The summed E-state index contributed by atoms with van der Waals surface area (Å²) in [6, 6.07) is 0. The summed E-state index contributed by atoms with van der Waals surface area (Å²) in [6.45, 7) is 0.336. The van der Waals surface area contributed by atoms with Crippen molar-refractivity contribution in [2.45, 2.75) is 55.6 Å². The number of alkyl halides is 2. The maximum absolute atomic E-state index is 11.8. The minimum absolute atomic E-state index is 0.0224. The van der Waals surface area contributed by atoms with Gasteiger partial charge in [0.05, 0.1) is 12.0 Å². The van der Waals surface area contributed by atoms with Crippen LogP contribution in [0.2, 0.25) is 0 Å². The molecule has 2 atom stereocenters. The number of halogens is 2. The van der Waals surface area contributed by atoms with Crippen molar-refractivity contribution in [3.05, 3.63) is 0 Å². The number of hydrogen-bond donors (Lipinski definition) is 0. The second kappa shape index (κ2) is 6.26. The lowest BCUT2D eigenvalue weighted by Gasteiger charge is -2.23. The molecule has 1 heterocycles. The van der Waals surface area contributed by atoms with E-state index in [0.29, 0.717) is 6.61 Å². The van der Waals surface area contributed by atoms with Gasteiger partial charge in [0.2, 0.25) is 0 Å². The van der Waals surface area contributed by atoms with Gasteiger partial charge in [-0.15, -0.1) is 11.6 Å². The Hall–Kier alpha value is 0.01000. The molecule has 2 rings (SSSR count). The Bertz CT molecular complexity index is 264. The first kappa shape index (κ1) is 13.4. The van der Waals surface area contributed by atoms with Crippen molar-refractivity contribution >= 4 is 29.2 Å². The van der Waals surface area contributed by atoms with E-state index in [-0.39, 0.29) is 28.9 Å². The van der Waals surface area contributed by atoms with Crippen molar-refractivity contribution < 1.29 is 14.3 Å². The van der Waals surface area contributed by atoms with Crippen LogP contribution in [-0.2, 0) is 14.3 Å². The van der Waals surface area contributed by atoms with Crippen LogP contribution in [0.25, 0.3) is 0 Å².